The van der Waals surface area contributed by atoms with Gasteiger partial charge in [-0.05, 0) is 61.7 Å². The normalized spacial score (nSPS) is 11.5. The van der Waals surface area contributed by atoms with Crippen molar-refractivity contribution < 1.29 is 9.90 Å². The van der Waals surface area contributed by atoms with Crippen LogP contribution in [-0.4, -0.2) is 26.1 Å². The van der Waals surface area contributed by atoms with Crippen LogP contribution in [0.15, 0.2) is 54.9 Å². The zero-order valence-corrected chi connectivity index (χ0v) is 17.0. The van der Waals surface area contributed by atoms with Gasteiger partial charge in [0.15, 0.2) is 0 Å². The number of nitrogens with zero attached hydrogens (tertiary/aromatic N) is 2. The molecule has 5 nitrogen and oxygen atoms in total. The van der Waals surface area contributed by atoms with Gasteiger partial charge in [0.25, 0.3) is 5.91 Å². The van der Waals surface area contributed by atoms with Gasteiger partial charge in [0.1, 0.15) is 12.4 Å². The van der Waals surface area contributed by atoms with Gasteiger partial charge >= 0.3 is 0 Å². The second-order valence-electron chi connectivity index (χ2n) is 7.34. The molecule has 0 aliphatic rings. The van der Waals surface area contributed by atoms with E-state index in [9.17, 15) is 9.90 Å². The molecule has 0 saturated carbocycles. The minimum atomic E-state index is -0.307. The van der Waals surface area contributed by atoms with Gasteiger partial charge in [-0.1, -0.05) is 30.7 Å². The third-order valence-corrected chi connectivity index (χ3v) is 5.08. The van der Waals surface area contributed by atoms with Crippen LogP contribution in [-0.2, 0) is 6.61 Å². The predicted molar refractivity (Wildman–Crippen MR) is 112 cm³/mol. The third kappa shape index (κ3) is 4.43. The first-order chi connectivity index (χ1) is 13.3. The van der Waals surface area contributed by atoms with E-state index in [1.165, 1.54) is 0 Å². The number of carbonyl (C=O) groups is 1. The lowest BCUT2D eigenvalue weighted by Crippen LogP contribution is -2.42. The molecule has 0 bridgehead atoms. The van der Waals surface area contributed by atoms with Crippen molar-refractivity contribution in [1.29, 1.82) is 0 Å². The van der Waals surface area contributed by atoms with Crippen molar-refractivity contribution in [2.45, 2.75) is 39.3 Å². The fourth-order valence-electron chi connectivity index (χ4n) is 2.84. The molecule has 2 N–H and O–H groups in total. The number of carbonyl (C=O) groups excluding carboxylic acids is 1. The molecule has 0 atom stereocenters. The summed E-state index contributed by atoms with van der Waals surface area (Å²) < 4.78 is 1.78. The summed E-state index contributed by atoms with van der Waals surface area (Å²) >= 11 is 6.02. The smallest absolute Gasteiger partial charge is 0.251 e. The van der Waals surface area contributed by atoms with Crippen LogP contribution in [0.2, 0.25) is 5.02 Å². The van der Waals surface area contributed by atoms with E-state index in [0.29, 0.717) is 16.4 Å². The number of benzene rings is 2. The maximum atomic E-state index is 12.9. The number of rotatable bonds is 6. The van der Waals surface area contributed by atoms with Gasteiger partial charge in [0, 0.05) is 34.2 Å². The van der Waals surface area contributed by atoms with E-state index in [-0.39, 0.29) is 18.1 Å². The van der Waals surface area contributed by atoms with Gasteiger partial charge in [0.05, 0.1) is 0 Å². The van der Waals surface area contributed by atoms with Crippen LogP contribution in [0.3, 0.4) is 0 Å². The number of hydrogen-bond acceptors (Lipinski definition) is 3. The molecule has 0 unspecified atom stereocenters. The predicted octanol–water partition coefficient (Wildman–Crippen LogP) is 4.60. The number of halogens is 1. The summed E-state index contributed by atoms with van der Waals surface area (Å²) in [5.74, 6) is 0.364. The van der Waals surface area contributed by atoms with Crippen LogP contribution in [0.4, 0.5) is 0 Å². The summed E-state index contributed by atoms with van der Waals surface area (Å²) in [6.07, 6.45) is 4.21. The Morgan fingerprint density at radius 1 is 1.18 bits per heavy atom. The van der Waals surface area contributed by atoms with E-state index in [1.807, 2.05) is 57.2 Å². The summed E-state index contributed by atoms with van der Waals surface area (Å²) in [6.45, 7) is 5.83. The van der Waals surface area contributed by atoms with E-state index < -0.39 is 0 Å². The Morgan fingerprint density at radius 3 is 2.54 bits per heavy atom. The molecule has 6 heteroatoms. The molecule has 0 fully saturated rings. The maximum Gasteiger partial charge on any atom is 0.251 e. The summed E-state index contributed by atoms with van der Waals surface area (Å²) in [5, 5.41) is 13.3. The first-order valence-electron chi connectivity index (χ1n) is 9.20. The molecule has 0 spiro atoms. The number of nitrogens with one attached hydrogen (secondary N) is 1. The summed E-state index contributed by atoms with van der Waals surface area (Å²) in [6, 6.07) is 13.1. The van der Waals surface area contributed by atoms with E-state index in [1.54, 1.807) is 23.0 Å². The number of imidazole rings is 1. The van der Waals surface area contributed by atoms with Crippen molar-refractivity contribution >= 4 is 17.5 Å². The zero-order chi connectivity index (χ0) is 20.3. The van der Waals surface area contributed by atoms with E-state index in [4.69, 9.17) is 11.6 Å². The Hall–Kier alpha value is -2.63. The average Bonchev–Trinajstić information content (AvgIpc) is 3.17. The average molecular weight is 398 g/mol. The van der Waals surface area contributed by atoms with Crippen molar-refractivity contribution in [3.8, 4) is 16.8 Å². The molecule has 3 rings (SSSR count). The first-order valence-corrected chi connectivity index (χ1v) is 9.58. The standard InChI is InChI=1S/C22H24ClN3O2/c1-4-22(2,3)25-21(28)17-11-16(15-5-7-18(23)8-6-15)12-19(13-17)26-10-9-24-20(26)14-27/h5-13,27H,4,14H2,1-3H3,(H,25,28). The van der Waals surface area contributed by atoms with Crippen LogP contribution >= 0.6 is 11.6 Å². The Labute approximate surface area is 170 Å². The van der Waals surface area contributed by atoms with E-state index in [2.05, 4.69) is 10.3 Å². The number of aromatic nitrogens is 2. The molecule has 146 valence electrons. The van der Waals surface area contributed by atoms with Gasteiger partial charge in [-0.15, -0.1) is 0 Å². The van der Waals surface area contributed by atoms with Gasteiger partial charge in [0.2, 0.25) is 0 Å². The van der Waals surface area contributed by atoms with Gasteiger partial charge in [-0.25, -0.2) is 4.98 Å². The van der Waals surface area contributed by atoms with Crippen LogP contribution in [0.5, 0.6) is 0 Å². The SMILES string of the molecule is CCC(C)(C)NC(=O)c1cc(-c2ccc(Cl)cc2)cc(-n2ccnc2CO)c1. The largest absolute Gasteiger partial charge is 0.388 e. The lowest BCUT2D eigenvalue weighted by atomic mass is 9.99. The summed E-state index contributed by atoms with van der Waals surface area (Å²) in [7, 11) is 0. The van der Waals surface area contributed by atoms with Crippen molar-refractivity contribution in [2.75, 3.05) is 0 Å². The van der Waals surface area contributed by atoms with Gasteiger partial charge in [-0.3, -0.25) is 4.79 Å². The number of hydrogen-bond donors (Lipinski definition) is 2. The second kappa shape index (κ2) is 8.17. The quantitative estimate of drug-likeness (QED) is 0.638. The lowest BCUT2D eigenvalue weighted by Gasteiger charge is -2.25. The molecule has 0 aliphatic heterocycles. The highest BCUT2D eigenvalue weighted by molar-refractivity contribution is 6.30. The van der Waals surface area contributed by atoms with E-state index >= 15 is 0 Å². The van der Waals surface area contributed by atoms with Crippen LogP contribution in [0.1, 0.15) is 43.4 Å². The van der Waals surface area contributed by atoms with E-state index in [0.717, 1.165) is 23.2 Å². The molecule has 1 amide bonds. The number of aliphatic hydroxyl groups excluding tert-OH is 1. The second-order valence-corrected chi connectivity index (χ2v) is 7.78. The Kier molecular flexibility index (Phi) is 5.87. The lowest BCUT2D eigenvalue weighted by molar-refractivity contribution is 0.0911. The molecule has 0 aliphatic carbocycles. The molecule has 2 aromatic carbocycles. The minimum Gasteiger partial charge on any atom is -0.388 e. The van der Waals surface area contributed by atoms with Gasteiger partial charge in [-0.2, -0.15) is 0 Å². The number of amides is 1. The molecule has 3 aromatic rings. The molecular weight excluding hydrogens is 374 g/mol. The molecule has 1 aromatic heterocycles. The monoisotopic (exact) mass is 397 g/mol. The molecular formula is C22H24ClN3O2. The zero-order valence-electron chi connectivity index (χ0n) is 16.2. The van der Waals surface area contributed by atoms with Crippen LogP contribution in [0.25, 0.3) is 16.8 Å². The highest BCUT2D eigenvalue weighted by Gasteiger charge is 2.20. The van der Waals surface area contributed by atoms with Gasteiger partial charge < -0.3 is 15.0 Å². The van der Waals surface area contributed by atoms with Crippen molar-refractivity contribution in [3.05, 3.63) is 71.3 Å². The molecule has 0 radical (unpaired) electrons. The van der Waals surface area contributed by atoms with Crippen molar-refractivity contribution in [2.24, 2.45) is 0 Å². The minimum absolute atomic E-state index is 0.144. The Balaban J connectivity index is 2.11. The summed E-state index contributed by atoms with van der Waals surface area (Å²) in [5.41, 5.74) is 2.82. The van der Waals surface area contributed by atoms with Crippen molar-refractivity contribution in [1.82, 2.24) is 14.9 Å². The molecule has 1 heterocycles. The highest BCUT2D eigenvalue weighted by Crippen LogP contribution is 2.27. The van der Waals surface area contributed by atoms with Crippen molar-refractivity contribution in [3.63, 3.8) is 0 Å². The molecule has 28 heavy (non-hydrogen) atoms. The Morgan fingerprint density at radius 2 is 1.89 bits per heavy atom. The van der Waals surface area contributed by atoms with Crippen LogP contribution in [0, 0.1) is 0 Å². The fourth-order valence-corrected chi connectivity index (χ4v) is 2.97. The number of aliphatic hydroxyl groups is 1. The third-order valence-electron chi connectivity index (χ3n) is 4.83. The van der Waals surface area contributed by atoms with Crippen LogP contribution < -0.4 is 5.32 Å². The maximum absolute atomic E-state index is 12.9. The molecule has 0 saturated heterocycles. The summed E-state index contributed by atoms with van der Waals surface area (Å²) in [4.78, 5) is 17.1. The highest BCUT2D eigenvalue weighted by atomic mass is 35.5. The first kappa shape index (κ1) is 20.1. The topological polar surface area (TPSA) is 67.2 Å². The Bertz CT molecular complexity index is 978. The fraction of sp³-hybridized carbons (Fsp3) is 0.273.